The van der Waals surface area contributed by atoms with Crippen LogP contribution in [0.25, 0.3) is 21.8 Å². The van der Waals surface area contributed by atoms with Crippen molar-refractivity contribution in [2.45, 2.75) is 46.2 Å². The van der Waals surface area contributed by atoms with Crippen LogP contribution in [0.1, 0.15) is 38.7 Å². The smallest absolute Gasteiger partial charge is 0.0491 e. The number of ether oxygens (including phenoxy) is 1. The lowest BCUT2D eigenvalue weighted by Gasteiger charge is -2.07. The quantitative estimate of drug-likeness (QED) is 0.472. The molecule has 0 radical (unpaired) electrons. The van der Waals surface area contributed by atoms with Gasteiger partial charge in [0.2, 0.25) is 0 Å². The van der Waals surface area contributed by atoms with Crippen LogP contribution in [-0.2, 0) is 17.8 Å². The molecule has 0 aliphatic heterocycles. The average molecular weight is 375 g/mol. The maximum absolute atomic E-state index is 5.60. The minimum atomic E-state index is 0. The monoisotopic (exact) mass is 374 g/mol. The van der Waals surface area contributed by atoms with Gasteiger partial charge in [-0.1, -0.05) is 37.6 Å². The number of nitrogens with zero attached hydrogens (tertiary/aromatic N) is 1. The molecule has 0 aliphatic carbocycles. The number of unbranched alkanes of at least 4 members (excludes halogenated alkanes) is 1. The van der Waals surface area contributed by atoms with E-state index in [0.717, 1.165) is 39.3 Å². The highest BCUT2D eigenvalue weighted by Crippen LogP contribution is 2.29. The van der Waals surface area contributed by atoms with E-state index in [1.54, 1.807) is 0 Å². The topological polar surface area (TPSA) is 26.2 Å². The fourth-order valence-electron chi connectivity index (χ4n) is 3.43. The second-order valence-corrected chi connectivity index (χ2v) is 6.61. The number of hydrogen-bond donors (Lipinski definition) is 1. The Labute approximate surface area is 163 Å². The zero-order chi connectivity index (χ0) is 17.5. The first kappa shape index (κ1) is 20.8. The lowest BCUT2D eigenvalue weighted by atomic mass is 10.1. The Morgan fingerprint density at radius 1 is 0.923 bits per heavy atom. The third-order valence-electron chi connectivity index (χ3n) is 4.77. The van der Waals surface area contributed by atoms with Crippen LogP contribution in [0.4, 0.5) is 0 Å². The minimum Gasteiger partial charge on any atom is -0.381 e. The second-order valence-electron chi connectivity index (χ2n) is 6.61. The SMILES string of the molecule is CCCCOCCCNCc1ccc2c(c1)c1ccccc1n2CC.Cl. The molecule has 0 amide bonds. The predicted octanol–water partition coefficient (Wildman–Crippen LogP) is 5.53. The summed E-state index contributed by atoms with van der Waals surface area (Å²) >= 11 is 0. The number of para-hydroxylation sites is 1. The number of benzene rings is 2. The molecule has 1 heterocycles. The van der Waals surface area contributed by atoms with Gasteiger partial charge in [-0.3, -0.25) is 0 Å². The standard InChI is InChI=1S/C22H30N2O.ClH/c1-3-5-14-25-15-8-13-23-17-18-11-12-22-20(16-18)19-9-6-7-10-21(19)24(22)4-2;/h6-7,9-12,16,23H,3-5,8,13-15,17H2,1-2H3;1H. The van der Waals surface area contributed by atoms with Gasteiger partial charge < -0.3 is 14.6 Å². The van der Waals surface area contributed by atoms with E-state index in [-0.39, 0.29) is 12.4 Å². The molecular formula is C22H31ClN2O. The molecule has 0 bridgehead atoms. The second kappa shape index (κ2) is 10.6. The number of hydrogen-bond acceptors (Lipinski definition) is 2. The number of halogens is 1. The zero-order valence-electron chi connectivity index (χ0n) is 16.0. The molecule has 0 aliphatic rings. The van der Waals surface area contributed by atoms with Crippen molar-refractivity contribution in [3.8, 4) is 0 Å². The maximum atomic E-state index is 5.60. The van der Waals surface area contributed by atoms with E-state index in [4.69, 9.17) is 4.74 Å². The molecule has 0 saturated carbocycles. The highest BCUT2D eigenvalue weighted by molar-refractivity contribution is 6.08. The number of fused-ring (bicyclic) bond motifs is 3. The van der Waals surface area contributed by atoms with Crippen molar-refractivity contribution in [2.75, 3.05) is 19.8 Å². The molecule has 0 atom stereocenters. The maximum Gasteiger partial charge on any atom is 0.0491 e. The zero-order valence-corrected chi connectivity index (χ0v) is 16.8. The molecule has 3 rings (SSSR count). The van der Waals surface area contributed by atoms with E-state index in [2.05, 4.69) is 66.2 Å². The van der Waals surface area contributed by atoms with Crippen LogP contribution in [0.2, 0.25) is 0 Å². The van der Waals surface area contributed by atoms with Gasteiger partial charge in [-0.05, 0) is 50.1 Å². The fraction of sp³-hybridized carbons (Fsp3) is 0.455. The number of aromatic nitrogens is 1. The van der Waals surface area contributed by atoms with Crippen LogP contribution >= 0.6 is 12.4 Å². The Kier molecular flexibility index (Phi) is 8.43. The van der Waals surface area contributed by atoms with Crippen molar-refractivity contribution in [3.63, 3.8) is 0 Å². The summed E-state index contributed by atoms with van der Waals surface area (Å²) in [6.45, 7) is 9.07. The van der Waals surface area contributed by atoms with Crippen LogP contribution in [0, 0.1) is 0 Å². The molecule has 0 fully saturated rings. The van der Waals surface area contributed by atoms with Crippen molar-refractivity contribution >= 4 is 34.2 Å². The van der Waals surface area contributed by atoms with Gasteiger partial charge in [0.1, 0.15) is 0 Å². The summed E-state index contributed by atoms with van der Waals surface area (Å²) in [5.41, 5.74) is 4.00. The third-order valence-corrected chi connectivity index (χ3v) is 4.77. The number of nitrogens with one attached hydrogen (secondary N) is 1. The molecule has 1 N–H and O–H groups in total. The molecule has 0 unspecified atom stereocenters. The first-order chi connectivity index (χ1) is 12.3. The lowest BCUT2D eigenvalue weighted by Crippen LogP contribution is -2.16. The van der Waals surface area contributed by atoms with Crippen LogP contribution in [0.5, 0.6) is 0 Å². The molecular weight excluding hydrogens is 344 g/mol. The first-order valence-corrected chi connectivity index (χ1v) is 9.63. The van der Waals surface area contributed by atoms with Crippen molar-refractivity contribution < 1.29 is 4.74 Å². The normalized spacial score (nSPS) is 11.2. The van der Waals surface area contributed by atoms with E-state index in [9.17, 15) is 0 Å². The van der Waals surface area contributed by atoms with Crippen molar-refractivity contribution in [1.29, 1.82) is 0 Å². The largest absolute Gasteiger partial charge is 0.381 e. The molecule has 26 heavy (non-hydrogen) atoms. The van der Waals surface area contributed by atoms with Gasteiger partial charge in [0, 0.05) is 48.1 Å². The Morgan fingerprint density at radius 2 is 1.69 bits per heavy atom. The Hall–Kier alpha value is -1.55. The van der Waals surface area contributed by atoms with Crippen molar-refractivity contribution in [2.24, 2.45) is 0 Å². The predicted molar refractivity (Wildman–Crippen MR) is 114 cm³/mol. The van der Waals surface area contributed by atoms with Gasteiger partial charge in [0.05, 0.1) is 0 Å². The van der Waals surface area contributed by atoms with E-state index < -0.39 is 0 Å². The summed E-state index contributed by atoms with van der Waals surface area (Å²) in [5.74, 6) is 0. The molecule has 0 spiro atoms. The molecule has 1 aromatic heterocycles. The summed E-state index contributed by atoms with van der Waals surface area (Å²) in [7, 11) is 0. The fourth-order valence-corrected chi connectivity index (χ4v) is 3.43. The molecule has 4 heteroatoms. The van der Waals surface area contributed by atoms with E-state index in [0.29, 0.717) is 0 Å². The molecule has 3 aromatic rings. The Bertz CT molecular complexity index is 812. The highest BCUT2D eigenvalue weighted by Gasteiger charge is 2.09. The van der Waals surface area contributed by atoms with E-state index in [1.807, 2.05) is 0 Å². The van der Waals surface area contributed by atoms with Crippen molar-refractivity contribution in [1.82, 2.24) is 9.88 Å². The molecule has 0 saturated heterocycles. The summed E-state index contributed by atoms with van der Waals surface area (Å²) < 4.78 is 8.00. The number of rotatable bonds is 10. The summed E-state index contributed by atoms with van der Waals surface area (Å²) in [5, 5.41) is 6.25. The van der Waals surface area contributed by atoms with Crippen LogP contribution < -0.4 is 5.32 Å². The molecule has 2 aromatic carbocycles. The summed E-state index contributed by atoms with van der Waals surface area (Å²) in [6, 6.07) is 15.6. The van der Waals surface area contributed by atoms with Gasteiger partial charge in [0.25, 0.3) is 0 Å². The average Bonchev–Trinajstić information content (AvgIpc) is 2.97. The summed E-state index contributed by atoms with van der Waals surface area (Å²) in [4.78, 5) is 0. The van der Waals surface area contributed by atoms with E-state index in [1.165, 1.54) is 40.2 Å². The van der Waals surface area contributed by atoms with Gasteiger partial charge >= 0.3 is 0 Å². The van der Waals surface area contributed by atoms with Gasteiger partial charge in [0.15, 0.2) is 0 Å². The van der Waals surface area contributed by atoms with Crippen LogP contribution in [0.15, 0.2) is 42.5 Å². The van der Waals surface area contributed by atoms with Gasteiger partial charge in [-0.25, -0.2) is 0 Å². The lowest BCUT2D eigenvalue weighted by molar-refractivity contribution is 0.129. The van der Waals surface area contributed by atoms with E-state index >= 15 is 0 Å². The number of aryl methyl sites for hydroxylation is 1. The van der Waals surface area contributed by atoms with Crippen LogP contribution in [0.3, 0.4) is 0 Å². The van der Waals surface area contributed by atoms with Gasteiger partial charge in [-0.15, -0.1) is 12.4 Å². The Balaban J connectivity index is 0.00000243. The van der Waals surface area contributed by atoms with Gasteiger partial charge in [-0.2, -0.15) is 0 Å². The summed E-state index contributed by atoms with van der Waals surface area (Å²) in [6.07, 6.45) is 3.44. The third kappa shape index (κ3) is 4.79. The molecule has 142 valence electrons. The first-order valence-electron chi connectivity index (χ1n) is 9.63. The highest BCUT2D eigenvalue weighted by atomic mass is 35.5. The molecule has 3 nitrogen and oxygen atoms in total. The van der Waals surface area contributed by atoms with Crippen molar-refractivity contribution in [3.05, 3.63) is 48.0 Å². The van der Waals surface area contributed by atoms with Crippen LogP contribution in [-0.4, -0.2) is 24.3 Å². The minimum absolute atomic E-state index is 0. The Morgan fingerprint density at radius 3 is 2.50 bits per heavy atom.